The van der Waals surface area contributed by atoms with Crippen LogP contribution in [-0.4, -0.2) is 48.1 Å². The molecule has 2 heterocycles. The summed E-state index contributed by atoms with van der Waals surface area (Å²) in [5.74, 6) is 0. The molecule has 0 radical (unpaired) electrons. The van der Waals surface area contributed by atoms with Gasteiger partial charge in [-0.3, -0.25) is 4.90 Å². The molecule has 0 aromatic carbocycles. The van der Waals surface area contributed by atoms with Crippen LogP contribution in [-0.2, 0) is 0 Å². The van der Waals surface area contributed by atoms with Crippen molar-refractivity contribution in [1.82, 2.24) is 9.80 Å². The molecule has 2 saturated heterocycles. The Kier molecular flexibility index (Phi) is 4.26. The minimum Gasteiger partial charge on any atom is -0.303 e. The largest absolute Gasteiger partial charge is 0.303 e. The maximum absolute atomic E-state index is 2.75. The summed E-state index contributed by atoms with van der Waals surface area (Å²) in [4.78, 5) is 5.32. The Morgan fingerprint density at radius 3 is 2.38 bits per heavy atom. The Morgan fingerprint density at radius 2 is 1.75 bits per heavy atom. The molecule has 2 aliphatic heterocycles. The van der Waals surface area contributed by atoms with E-state index < -0.39 is 0 Å². The fraction of sp³-hybridized carbons (Fsp3) is 1.00. The third kappa shape index (κ3) is 2.78. The van der Waals surface area contributed by atoms with E-state index in [1.54, 1.807) is 0 Å². The van der Waals surface area contributed by atoms with Gasteiger partial charge in [-0.05, 0) is 66.1 Å². The van der Waals surface area contributed by atoms with Crippen LogP contribution in [0.2, 0.25) is 0 Å². The van der Waals surface area contributed by atoms with Gasteiger partial charge in [0.1, 0.15) is 0 Å². The molecule has 94 valence electrons. The molecule has 2 heteroatoms. The second-order valence-corrected chi connectivity index (χ2v) is 5.99. The molecule has 0 N–H and O–H groups in total. The number of piperidine rings is 1. The molecule has 16 heavy (non-hydrogen) atoms. The first kappa shape index (κ1) is 12.4. The third-order valence-electron chi connectivity index (χ3n) is 4.55. The highest BCUT2D eigenvalue weighted by Gasteiger charge is 2.30. The van der Waals surface area contributed by atoms with Crippen LogP contribution in [0.3, 0.4) is 0 Å². The Bertz CT molecular complexity index is 215. The predicted molar refractivity (Wildman–Crippen MR) is 69.8 cm³/mol. The summed E-state index contributed by atoms with van der Waals surface area (Å²) in [6, 6.07) is 2.46. The van der Waals surface area contributed by atoms with Crippen LogP contribution in [0.5, 0.6) is 0 Å². The molecule has 2 nitrogen and oxygen atoms in total. The van der Waals surface area contributed by atoms with Crippen LogP contribution in [0.4, 0.5) is 0 Å². The molecule has 1 unspecified atom stereocenters. The van der Waals surface area contributed by atoms with E-state index in [0.29, 0.717) is 0 Å². The van der Waals surface area contributed by atoms with E-state index in [1.165, 1.54) is 51.6 Å². The average Bonchev–Trinajstić information content (AvgIpc) is 2.65. The molecule has 0 amide bonds. The number of rotatable bonds is 3. The van der Waals surface area contributed by atoms with Gasteiger partial charge in [0.2, 0.25) is 0 Å². The molecule has 0 bridgehead atoms. The van der Waals surface area contributed by atoms with Crippen LogP contribution in [0, 0.1) is 0 Å². The van der Waals surface area contributed by atoms with Gasteiger partial charge in [-0.1, -0.05) is 6.42 Å². The number of hydrogen-bond donors (Lipinski definition) is 0. The second kappa shape index (κ2) is 5.50. The highest BCUT2D eigenvalue weighted by atomic mass is 15.2. The minimum atomic E-state index is 0.733. The Hall–Kier alpha value is -0.0800. The van der Waals surface area contributed by atoms with Crippen molar-refractivity contribution >= 4 is 0 Å². The highest BCUT2D eigenvalue weighted by Crippen LogP contribution is 2.27. The molecule has 2 aliphatic rings. The summed E-state index contributed by atoms with van der Waals surface area (Å²) >= 11 is 0. The van der Waals surface area contributed by atoms with Crippen LogP contribution < -0.4 is 0 Å². The zero-order valence-electron chi connectivity index (χ0n) is 11.3. The van der Waals surface area contributed by atoms with Crippen LogP contribution in [0.15, 0.2) is 0 Å². The van der Waals surface area contributed by atoms with E-state index in [1.807, 2.05) is 0 Å². The number of likely N-dealkylation sites (tertiary alicyclic amines) is 2. The van der Waals surface area contributed by atoms with Crippen molar-refractivity contribution in [1.29, 1.82) is 0 Å². The third-order valence-corrected chi connectivity index (χ3v) is 4.55. The summed E-state index contributed by atoms with van der Waals surface area (Å²) in [7, 11) is 2.31. The van der Waals surface area contributed by atoms with Gasteiger partial charge in [0, 0.05) is 18.1 Å². The van der Waals surface area contributed by atoms with Gasteiger partial charge in [-0.2, -0.15) is 0 Å². The quantitative estimate of drug-likeness (QED) is 0.727. The predicted octanol–water partition coefficient (Wildman–Crippen LogP) is 2.73. The van der Waals surface area contributed by atoms with E-state index in [4.69, 9.17) is 0 Å². The van der Waals surface area contributed by atoms with Crippen molar-refractivity contribution in [3.05, 3.63) is 0 Å². The van der Waals surface area contributed by atoms with Crippen LogP contribution in [0.1, 0.15) is 52.4 Å². The summed E-state index contributed by atoms with van der Waals surface area (Å²) in [5, 5.41) is 0. The molecule has 2 atom stereocenters. The minimum absolute atomic E-state index is 0.733. The SMILES string of the molecule is CC(C)N1CCCCC1C[C@@H]1CCCN1C. The van der Waals surface area contributed by atoms with E-state index >= 15 is 0 Å². The van der Waals surface area contributed by atoms with E-state index in [9.17, 15) is 0 Å². The van der Waals surface area contributed by atoms with Crippen molar-refractivity contribution in [3.8, 4) is 0 Å². The Balaban J connectivity index is 1.90. The van der Waals surface area contributed by atoms with Crippen molar-refractivity contribution in [3.63, 3.8) is 0 Å². The van der Waals surface area contributed by atoms with Gasteiger partial charge in [0.25, 0.3) is 0 Å². The van der Waals surface area contributed by atoms with Gasteiger partial charge in [0.15, 0.2) is 0 Å². The first-order valence-electron chi connectivity index (χ1n) is 7.14. The van der Waals surface area contributed by atoms with Crippen molar-refractivity contribution in [2.24, 2.45) is 0 Å². The molecular formula is C14H28N2. The summed E-state index contributed by atoms with van der Waals surface area (Å²) in [6.45, 7) is 7.37. The standard InChI is InChI=1S/C14H28N2/c1-12(2)16-10-5-4-7-14(16)11-13-8-6-9-15(13)3/h12-14H,4-11H2,1-3H3/t13-,14?/m0/s1. The number of hydrogen-bond acceptors (Lipinski definition) is 2. The van der Waals surface area contributed by atoms with Crippen molar-refractivity contribution in [2.45, 2.75) is 70.5 Å². The second-order valence-electron chi connectivity index (χ2n) is 5.99. The fourth-order valence-corrected chi connectivity index (χ4v) is 3.55. The first-order chi connectivity index (χ1) is 7.68. The topological polar surface area (TPSA) is 6.48 Å². The van der Waals surface area contributed by atoms with Crippen molar-refractivity contribution < 1.29 is 0 Å². The van der Waals surface area contributed by atoms with Gasteiger partial charge in [0.05, 0.1) is 0 Å². The Morgan fingerprint density at radius 1 is 1.00 bits per heavy atom. The normalized spacial score (nSPS) is 33.8. The molecule has 2 rings (SSSR count). The lowest BCUT2D eigenvalue weighted by Crippen LogP contribution is -2.46. The maximum Gasteiger partial charge on any atom is 0.0113 e. The van der Waals surface area contributed by atoms with Crippen LogP contribution >= 0.6 is 0 Å². The highest BCUT2D eigenvalue weighted by molar-refractivity contribution is 4.86. The average molecular weight is 224 g/mol. The lowest BCUT2D eigenvalue weighted by molar-refractivity contribution is 0.0871. The van der Waals surface area contributed by atoms with Gasteiger partial charge >= 0.3 is 0 Å². The molecule has 0 aromatic heterocycles. The molecule has 0 spiro atoms. The van der Waals surface area contributed by atoms with Crippen LogP contribution in [0.25, 0.3) is 0 Å². The summed E-state index contributed by atoms with van der Waals surface area (Å²) in [6.07, 6.45) is 8.55. The molecule has 0 aromatic rings. The molecule has 0 saturated carbocycles. The smallest absolute Gasteiger partial charge is 0.0113 e. The summed E-state index contributed by atoms with van der Waals surface area (Å²) < 4.78 is 0. The molecular weight excluding hydrogens is 196 g/mol. The van der Waals surface area contributed by atoms with Gasteiger partial charge in [-0.25, -0.2) is 0 Å². The summed E-state index contributed by atoms with van der Waals surface area (Å²) in [5.41, 5.74) is 0. The molecule has 0 aliphatic carbocycles. The Labute approximate surface area is 101 Å². The molecule has 2 fully saturated rings. The fourth-order valence-electron chi connectivity index (χ4n) is 3.55. The lowest BCUT2D eigenvalue weighted by Gasteiger charge is -2.40. The van der Waals surface area contributed by atoms with Crippen molar-refractivity contribution in [2.75, 3.05) is 20.1 Å². The number of nitrogens with zero attached hydrogens (tertiary/aromatic N) is 2. The lowest BCUT2D eigenvalue weighted by atomic mass is 9.94. The first-order valence-corrected chi connectivity index (χ1v) is 7.14. The zero-order chi connectivity index (χ0) is 11.5. The maximum atomic E-state index is 2.75. The van der Waals surface area contributed by atoms with E-state index in [0.717, 1.165) is 18.1 Å². The van der Waals surface area contributed by atoms with E-state index in [2.05, 4.69) is 30.7 Å². The monoisotopic (exact) mass is 224 g/mol. The van der Waals surface area contributed by atoms with E-state index in [-0.39, 0.29) is 0 Å². The van der Waals surface area contributed by atoms with Gasteiger partial charge < -0.3 is 4.90 Å². The zero-order valence-corrected chi connectivity index (χ0v) is 11.3. The van der Waals surface area contributed by atoms with Gasteiger partial charge in [-0.15, -0.1) is 0 Å².